The molecule has 2 aromatic carbocycles. The number of H-pyrrole nitrogens is 1. The van der Waals surface area contributed by atoms with Gasteiger partial charge >= 0.3 is 0 Å². The molecule has 5 heteroatoms. The number of nitrogens with zero attached hydrogens (tertiary/aromatic N) is 2. The van der Waals surface area contributed by atoms with Crippen molar-refractivity contribution >= 4 is 16.5 Å². The van der Waals surface area contributed by atoms with Crippen molar-refractivity contribution in [3.63, 3.8) is 0 Å². The Hall–Kier alpha value is -3.64. The van der Waals surface area contributed by atoms with Crippen molar-refractivity contribution in [3.8, 4) is 23.7 Å². The van der Waals surface area contributed by atoms with Gasteiger partial charge in [-0.2, -0.15) is 0 Å². The highest BCUT2D eigenvalue weighted by molar-refractivity contribution is 5.95. The first-order chi connectivity index (χ1) is 16.9. The molecule has 0 fully saturated rings. The molecule has 1 aliphatic heterocycles. The van der Waals surface area contributed by atoms with Gasteiger partial charge in [-0.25, -0.2) is 4.98 Å². The minimum Gasteiger partial charge on any atom is -0.334 e. The van der Waals surface area contributed by atoms with Crippen LogP contribution in [-0.2, 0) is 0 Å². The van der Waals surface area contributed by atoms with Gasteiger partial charge in [0, 0.05) is 41.1 Å². The first-order valence-corrected chi connectivity index (χ1v) is 12.3. The molecule has 0 amide bonds. The molecule has 0 saturated heterocycles. The van der Waals surface area contributed by atoms with E-state index in [1.54, 1.807) is 6.20 Å². The molecule has 5 N–H and O–H groups in total. The largest absolute Gasteiger partial charge is 0.334 e. The first kappa shape index (κ1) is 25.5. The maximum absolute atomic E-state index is 6.35. The van der Waals surface area contributed by atoms with Crippen molar-refractivity contribution in [2.45, 2.75) is 60.0 Å². The molecule has 0 aliphatic carbocycles. The Morgan fingerprint density at radius 1 is 0.806 bits per heavy atom. The van der Waals surface area contributed by atoms with Crippen molar-refractivity contribution in [2.75, 3.05) is 0 Å². The van der Waals surface area contributed by atoms with Gasteiger partial charge < -0.3 is 16.5 Å². The van der Waals surface area contributed by atoms with E-state index in [9.17, 15) is 0 Å². The molecule has 0 radical (unpaired) electrons. The highest BCUT2D eigenvalue weighted by Crippen LogP contribution is 2.28. The third-order valence-electron chi connectivity index (χ3n) is 6.42. The molecule has 2 heterocycles. The van der Waals surface area contributed by atoms with Crippen LogP contribution in [0.5, 0.6) is 0 Å². The van der Waals surface area contributed by atoms with Crippen LogP contribution in [0.3, 0.4) is 0 Å². The first-order valence-electron chi connectivity index (χ1n) is 12.3. The monoisotopic (exact) mass is 477 g/mol. The van der Waals surface area contributed by atoms with Crippen molar-refractivity contribution in [3.05, 3.63) is 77.0 Å². The van der Waals surface area contributed by atoms with Crippen LogP contribution < -0.4 is 11.5 Å². The van der Waals surface area contributed by atoms with E-state index in [0.29, 0.717) is 0 Å². The van der Waals surface area contributed by atoms with Gasteiger partial charge in [-0.05, 0) is 51.8 Å². The number of aliphatic imine (C=N–C) groups is 1. The zero-order valence-corrected chi connectivity index (χ0v) is 22.0. The number of imidazole rings is 1. The fourth-order valence-corrected chi connectivity index (χ4v) is 3.88. The second-order valence-corrected chi connectivity index (χ2v) is 11.6. The molecule has 0 unspecified atom stereocenters. The van der Waals surface area contributed by atoms with E-state index in [1.807, 2.05) is 18.3 Å². The average Bonchev–Trinajstić information content (AvgIpc) is 3.49. The second kappa shape index (κ2) is 9.78. The van der Waals surface area contributed by atoms with Gasteiger partial charge in [-0.15, -0.1) is 0 Å². The molecule has 1 aromatic heterocycles. The number of fused-ring (bicyclic) bond motifs is 1. The van der Waals surface area contributed by atoms with Crippen LogP contribution in [-0.4, -0.2) is 21.7 Å². The van der Waals surface area contributed by atoms with E-state index in [0.717, 1.165) is 51.1 Å². The normalized spacial score (nSPS) is 15.3. The third kappa shape index (κ3) is 5.94. The molecular formula is C31H35N5. The quantitative estimate of drug-likeness (QED) is 0.428. The van der Waals surface area contributed by atoms with Crippen molar-refractivity contribution in [1.29, 1.82) is 0 Å². The smallest absolute Gasteiger partial charge is 0.124 e. The number of hydrogen-bond acceptors (Lipinski definition) is 4. The lowest BCUT2D eigenvalue weighted by Crippen LogP contribution is -2.41. The number of nitrogens with one attached hydrogen (secondary N) is 1. The van der Waals surface area contributed by atoms with E-state index in [2.05, 4.69) is 104 Å². The third-order valence-corrected chi connectivity index (χ3v) is 6.42. The number of allylic oxidation sites excluding steroid dienone is 1. The lowest BCUT2D eigenvalue weighted by molar-refractivity contribution is 0.316. The van der Waals surface area contributed by atoms with Crippen molar-refractivity contribution in [1.82, 2.24) is 9.97 Å². The fraction of sp³-hybridized carbons (Fsp3) is 0.355. The van der Waals surface area contributed by atoms with Gasteiger partial charge in [-0.1, -0.05) is 71.4 Å². The topological polar surface area (TPSA) is 93.1 Å². The Bertz CT molecular complexity index is 1470. The fourth-order valence-electron chi connectivity index (χ4n) is 3.88. The number of hydrogen-bond donors (Lipinski definition) is 3. The van der Waals surface area contributed by atoms with E-state index in [1.165, 1.54) is 0 Å². The van der Waals surface area contributed by atoms with Crippen LogP contribution in [0.15, 0.2) is 59.4 Å². The summed E-state index contributed by atoms with van der Waals surface area (Å²) in [7, 11) is 0. The van der Waals surface area contributed by atoms with Gasteiger partial charge in [0.1, 0.15) is 11.5 Å². The van der Waals surface area contributed by atoms with Crippen LogP contribution >= 0.6 is 0 Å². The standard InChI is InChI=1S/C31H35N5/c1-30(2,3)27(32)26-17-22(18-34-26)8-7-20-9-12-24-16-21(10-13-23(24)15-20)11-14-25-19-35-29(36-25)28(33)31(4,5)6/h9-10,12-13,15-16,18-19,27-28H,17,32-33H2,1-6H3,(H,35,36)/t27-,28-/m1/s1. The van der Waals surface area contributed by atoms with Crippen LogP contribution in [0, 0.1) is 34.5 Å². The predicted octanol–water partition coefficient (Wildman–Crippen LogP) is 5.46. The summed E-state index contributed by atoms with van der Waals surface area (Å²) in [4.78, 5) is 12.2. The van der Waals surface area contributed by atoms with E-state index in [4.69, 9.17) is 11.5 Å². The van der Waals surface area contributed by atoms with Gasteiger partial charge in [-0.3, -0.25) is 4.99 Å². The SMILES string of the molecule is CC(C)(C)[C@H](N)C1=NC=C(C#Cc2ccc3cc(C#Cc4cnc([C@@H](N)C(C)(C)C)[nH]4)ccc3c2)C1. The molecule has 0 spiro atoms. The lowest BCUT2D eigenvalue weighted by atomic mass is 9.83. The Morgan fingerprint density at radius 3 is 1.97 bits per heavy atom. The van der Waals surface area contributed by atoms with Crippen molar-refractivity contribution < 1.29 is 0 Å². The zero-order valence-electron chi connectivity index (χ0n) is 22.0. The number of aromatic amines is 1. The molecular weight excluding hydrogens is 442 g/mol. The maximum Gasteiger partial charge on any atom is 0.124 e. The predicted molar refractivity (Wildman–Crippen MR) is 149 cm³/mol. The zero-order chi connectivity index (χ0) is 26.1. The Balaban J connectivity index is 1.45. The molecule has 5 nitrogen and oxygen atoms in total. The summed E-state index contributed by atoms with van der Waals surface area (Å²) in [5.41, 5.74) is 17.2. The van der Waals surface area contributed by atoms with Gasteiger partial charge in [0.15, 0.2) is 0 Å². The molecule has 1 aliphatic rings. The Labute approximate surface area is 214 Å². The van der Waals surface area contributed by atoms with E-state index < -0.39 is 0 Å². The van der Waals surface area contributed by atoms with Crippen molar-refractivity contribution in [2.24, 2.45) is 27.3 Å². The minimum absolute atomic E-state index is 0.0157. The van der Waals surface area contributed by atoms with Gasteiger partial charge in [0.25, 0.3) is 0 Å². The molecule has 36 heavy (non-hydrogen) atoms. The highest BCUT2D eigenvalue weighted by Gasteiger charge is 2.27. The molecule has 184 valence electrons. The summed E-state index contributed by atoms with van der Waals surface area (Å²) in [6.07, 6.45) is 4.31. The van der Waals surface area contributed by atoms with E-state index in [-0.39, 0.29) is 22.9 Å². The van der Waals surface area contributed by atoms with Gasteiger partial charge in [0.05, 0.1) is 12.2 Å². The molecule has 2 atom stereocenters. The molecule has 0 saturated carbocycles. The van der Waals surface area contributed by atoms with Crippen LogP contribution in [0.4, 0.5) is 0 Å². The number of rotatable bonds is 2. The summed E-state index contributed by atoms with van der Waals surface area (Å²) in [6, 6.07) is 12.2. The molecule has 3 aromatic rings. The number of aromatic nitrogens is 2. The summed E-state index contributed by atoms with van der Waals surface area (Å²) in [5, 5.41) is 2.24. The van der Waals surface area contributed by atoms with E-state index >= 15 is 0 Å². The highest BCUT2D eigenvalue weighted by atomic mass is 15.0. The van der Waals surface area contributed by atoms with Crippen LogP contribution in [0.2, 0.25) is 0 Å². The average molecular weight is 478 g/mol. The summed E-state index contributed by atoms with van der Waals surface area (Å²) >= 11 is 0. The summed E-state index contributed by atoms with van der Waals surface area (Å²) < 4.78 is 0. The minimum atomic E-state index is -0.174. The van der Waals surface area contributed by atoms with Gasteiger partial charge in [0.2, 0.25) is 0 Å². The summed E-state index contributed by atoms with van der Waals surface area (Å²) in [6.45, 7) is 12.7. The Kier molecular flexibility index (Phi) is 6.92. The second-order valence-electron chi connectivity index (χ2n) is 11.6. The van der Waals surface area contributed by atoms with Crippen LogP contribution in [0.25, 0.3) is 10.8 Å². The summed E-state index contributed by atoms with van der Waals surface area (Å²) in [5.74, 6) is 13.7. The molecule has 4 rings (SSSR count). The molecule has 0 bridgehead atoms. The Morgan fingerprint density at radius 2 is 1.39 bits per heavy atom. The number of benzene rings is 2. The van der Waals surface area contributed by atoms with Crippen LogP contribution in [0.1, 0.15) is 76.7 Å². The number of nitrogens with two attached hydrogens (primary N) is 2. The maximum atomic E-state index is 6.35. The lowest BCUT2D eigenvalue weighted by Gasteiger charge is -2.27.